The first-order chi connectivity index (χ1) is 11.7. The van der Waals surface area contributed by atoms with E-state index < -0.39 is 17.4 Å². The van der Waals surface area contributed by atoms with Crippen LogP contribution < -0.4 is 5.32 Å². The molecule has 7 nitrogen and oxygen atoms in total. The van der Waals surface area contributed by atoms with Crippen molar-refractivity contribution < 1.29 is 19.1 Å². The fourth-order valence-corrected chi connectivity index (χ4v) is 3.51. The van der Waals surface area contributed by atoms with Gasteiger partial charge >= 0.3 is 11.9 Å². The van der Waals surface area contributed by atoms with Crippen LogP contribution in [0.2, 0.25) is 0 Å². The molecule has 0 bridgehead atoms. The molecule has 1 aromatic heterocycles. The van der Waals surface area contributed by atoms with E-state index in [-0.39, 0.29) is 24.3 Å². The Labute approximate surface area is 146 Å². The van der Waals surface area contributed by atoms with Gasteiger partial charge in [-0.25, -0.2) is 4.79 Å². The Hall–Kier alpha value is -2.75. The zero-order valence-electron chi connectivity index (χ0n) is 15.0. The number of hydrogen-bond acceptors (Lipinski definition) is 6. The maximum atomic E-state index is 12.9. The molecule has 7 heteroatoms. The van der Waals surface area contributed by atoms with E-state index in [2.05, 4.69) is 11.4 Å². The first-order valence-electron chi connectivity index (χ1n) is 8.17. The van der Waals surface area contributed by atoms with Crippen molar-refractivity contribution >= 4 is 17.8 Å². The fourth-order valence-electron chi connectivity index (χ4n) is 3.51. The van der Waals surface area contributed by atoms with Crippen LogP contribution in [0, 0.1) is 11.3 Å². The number of rotatable bonds is 2. The number of hydrogen-bond donors (Lipinski definition) is 1. The van der Waals surface area contributed by atoms with E-state index in [0.717, 1.165) is 0 Å². The Morgan fingerprint density at radius 3 is 2.76 bits per heavy atom. The van der Waals surface area contributed by atoms with Crippen molar-refractivity contribution in [2.45, 2.75) is 45.6 Å². The highest BCUT2D eigenvalue weighted by Crippen LogP contribution is 2.49. The quantitative estimate of drug-likeness (QED) is 0.827. The Balaban J connectivity index is 2.35. The molecule has 0 amide bonds. The van der Waals surface area contributed by atoms with Gasteiger partial charge in [0.1, 0.15) is 23.9 Å². The first-order valence-corrected chi connectivity index (χ1v) is 8.17. The van der Waals surface area contributed by atoms with E-state index >= 15 is 0 Å². The summed E-state index contributed by atoms with van der Waals surface area (Å²) in [5.41, 5.74) is -0.160. The molecule has 2 aliphatic rings. The van der Waals surface area contributed by atoms with Crippen LogP contribution >= 0.6 is 0 Å². The van der Waals surface area contributed by atoms with Gasteiger partial charge < -0.3 is 19.4 Å². The third-order valence-corrected chi connectivity index (χ3v) is 4.65. The fraction of sp³-hybridized carbons (Fsp3) is 0.500. The Morgan fingerprint density at radius 1 is 1.52 bits per heavy atom. The molecule has 0 saturated heterocycles. The molecule has 1 aromatic rings. The van der Waals surface area contributed by atoms with Gasteiger partial charge in [-0.05, 0) is 34.6 Å². The number of fused-ring (bicyclic) bond motifs is 1. The summed E-state index contributed by atoms with van der Waals surface area (Å²) in [4.78, 5) is 25.2. The molecule has 0 aromatic carbocycles. The molecule has 0 radical (unpaired) electrons. The van der Waals surface area contributed by atoms with Crippen LogP contribution in [0.3, 0.4) is 0 Å². The monoisotopic (exact) mass is 343 g/mol. The minimum atomic E-state index is -1.39. The smallest absolute Gasteiger partial charge is 0.337 e. The molecular formula is C18H21N3O4. The molecule has 1 atom stereocenters. The second-order valence-electron chi connectivity index (χ2n) is 7.32. The summed E-state index contributed by atoms with van der Waals surface area (Å²) in [6.07, 6.45) is 1.71. The third kappa shape index (κ3) is 2.24. The van der Waals surface area contributed by atoms with Gasteiger partial charge in [0.25, 0.3) is 0 Å². The van der Waals surface area contributed by atoms with E-state index in [1.54, 1.807) is 20.0 Å². The number of cyclic esters (lactones) is 1. The minimum Gasteiger partial charge on any atom is -0.465 e. The average Bonchev–Trinajstić information content (AvgIpc) is 3.09. The third-order valence-electron chi connectivity index (χ3n) is 4.65. The van der Waals surface area contributed by atoms with Crippen LogP contribution in [0.25, 0.3) is 0 Å². The van der Waals surface area contributed by atoms with Crippen molar-refractivity contribution in [3.8, 4) is 6.07 Å². The first kappa shape index (κ1) is 17.1. The average molecular weight is 343 g/mol. The van der Waals surface area contributed by atoms with Gasteiger partial charge in [0.2, 0.25) is 0 Å². The lowest BCUT2D eigenvalue weighted by Crippen LogP contribution is -2.43. The highest BCUT2D eigenvalue weighted by Gasteiger charge is 2.54. The van der Waals surface area contributed by atoms with E-state index in [0.29, 0.717) is 22.6 Å². The van der Waals surface area contributed by atoms with Gasteiger partial charge in [-0.2, -0.15) is 5.26 Å². The molecule has 1 N–H and O–H groups in total. The van der Waals surface area contributed by atoms with Crippen LogP contribution in [0.15, 0.2) is 17.5 Å². The normalized spacial score (nSPS) is 21.8. The van der Waals surface area contributed by atoms with Crippen molar-refractivity contribution in [3.05, 3.63) is 28.6 Å². The number of esters is 2. The standard InChI is InChI=1S/C18H21N3O4/c1-6-24-16(23)18(5)12-10(7-19)8-21(17(2,3)4)14(12)20-11-9-25-15(22)13(11)18/h8,20H,6,9H2,1-5H3/t18-/m0/s1. The molecule has 25 heavy (non-hydrogen) atoms. The SMILES string of the molecule is CCOC(=O)[C@]1(C)C2=C(COC2=O)Nc2c1c(C#N)cn2C(C)(C)C. The summed E-state index contributed by atoms with van der Waals surface area (Å²) in [5, 5.41) is 12.9. The van der Waals surface area contributed by atoms with Gasteiger partial charge in [0, 0.05) is 17.3 Å². The van der Waals surface area contributed by atoms with Gasteiger partial charge in [-0.3, -0.25) is 4.79 Å². The Kier molecular flexibility index (Phi) is 3.68. The Morgan fingerprint density at radius 2 is 2.20 bits per heavy atom. The summed E-state index contributed by atoms with van der Waals surface area (Å²) in [6.45, 7) is 9.57. The number of aromatic nitrogens is 1. The number of nitrogens with zero attached hydrogens (tertiary/aromatic N) is 2. The second kappa shape index (κ2) is 5.38. The molecule has 3 heterocycles. The van der Waals surface area contributed by atoms with Gasteiger partial charge in [-0.1, -0.05) is 0 Å². The van der Waals surface area contributed by atoms with Gasteiger partial charge in [0.05, 0.1) is 23.4 Å². The van der Waals surface area contributed by atoms with Crippen molar-refractivity contribution in [2.75, 3.05) is 18.5 Å². The number of nitriles is 1. The van der Waals surface area contributed by atoms with E-state index in [1.807, 2.05) is 25.3 Å². The minimum absolute atomic E-state index is 0.0693. The lowest BCUT2D eigenvalue weighted by Gasteiger charge is -2.34. The van der Waals surface area contributed by atoms with E-state index in [4.69, 9.17) is 9.47 Å². The van der Waals surface area contributed by atoms with Crippen molar-refractivity contribution in [1.29, 1.82) is 5.26 Å². The molecule has 0 aliphatic carbocycles. The maximum absolute atomic E-state index is 12.9. The predicted molar refractivity (Wildman–Crippen MR) is 89.7 cm³/mol. The molecule has 0 saturated carbocycles. The number of carbonyl (C=O) groups excluding carboxylic acids is 2. The largest absolute Gasteiger partial charge is 0.465 e. The predicted octanol–water partition coefficient (Wildman–Crippen LogP) is 2.17. The van der Waals surface area contributed by atoms with Crippen LogP contribution in [-0.2, 0) is 30.0 Å². The zero-order valence-corrected chi connectivity index (χ0v) is 15.0. The molecule has 0 fully saturated rings. The summed E-state index contributed by atoms with van der Waals surface area (Å²) >= 11 is 0. The molecule has 0 spiro atoms. The molecule has 132 valence electrons. The van der Waals surface area contributed by atoms with Gasteiger partial charge in [-0.15, -0.1) is 0 Å². The van der Waals surface area contributed by atoms with Gasteiger partial charge in [0.15, 0.2) is 0 Å². The van der Waals surface area contributed by atoms with E-state index in [9.17, 15) is 14.9 Å². The second-order valence-corrected chi connectivity index (χ2v) is 7.32. The summed E-state index contributed by atoms with van der Waals surface area (Å²) in [6, 6.07) is 2.15. The summed E-state index contributed by atoms with van der Waals surface area (Å²) < 4.78 is 12.3. The highest BCUT2D eigenvalue weighted by molar-refractivity contribution is 6.07. The maximum Gasteiger partial charge on any atom is 0.337 e. The number of anilines is 1. The van der Waals surface area contributed by atoms with Crippen molar-refractivity contribution in [2.24, 2.45) is 0 Å². The summed E-state index contributed by atoms with van der Waals surface area (Å²) in [5.74, 6) is -0.500. The number of nitrogens with one attached hydrogen (secondary N) is 1. The lowest BCUT2D eigenvalue weighted by molar-refractivity contribution is -0.150. The molecule has 0 unspecified atom stereocenters. The van der Waals surface area contributed by atoms with Crippen LogP contribution in [-0.4, -0.2) is 29.7 Å². The number of ether oxygens (including phenoxy) is 2. The van der Waals surface area contributed by atoms with Crippen LogP contribution in [0.4, 0.5) is 5.82 Å². The van der Waals surface area contributed by atoms with Crippen molar-refractivity contribution in [1.82, 2.24) is 4.57 Å². The Bertz CT molecular complexity index is 851. The van der Waals surface area contributed by atoms with Crippen LogP contribution in [0.5, 0.6) is 0 Å². The van der Waals surface area contributed by atoms with Crippen LogP contribution in [0.1, 0.15) is 45.7 Å². The zero-order chi connectivity index (χ0) is 18.6. The topological polar surface area (TPSA) is 93.3 Å². The van der Waals surface area contributed by atoms with E-state index in [1.165, 1.54) is 0 Å². The summed E-state index contributed by atoms with van der Waals surface area (Å²) in [7, 11) is 0. The molecule has 3 rings (SSSR count). The number of carbonyl (C=O) groups is 2. The highest BCUT2D eigenvalue weighted by atomic mass is 16.5. The van der Waals surface area contributed by atoms with Crippen molar-refractivity contribution in [3.63, 3.8) is 0 Å². The molecule has 2 aliphatic heterocycles. The lowest BCUT2D eigenvalue weighted by atomic mass is 9.72. The molecular weight excluding hydrogens is 322 g/mol.